The Kier molecular flexibility index (Phi) is 4.48. The summed E-state index contributed by atoms with van der Waals surface area (Å²) in [6.45, 7) is 2.40. The molecule has 120 valence electrons. The van der Waals surface area contributed by atoms with Crippen LogP contribution in [0.25, 0.3) is 0 Å². The minimum absolute atomic E-state index is 0.0280. The van der Waals surface area contributed by atoms with Crippen molar-refractivity contribution in [2.45, 2.75) is 13.1 Å². The van der Waals surface area contributed by atoms with Crippen molar-refractivity contribution in [3.8, 4) is 11.5 Å². The first kappa shape index (κ1) is 15.4. The molecule has 2 aromatic rings. The Labute approximate surface area is 135 Å². The summed E-state index contributed by atoms with van der Waals surface area (Å²) in [5.74, 6) is 0.901. The summed E-state index contributed by atoms with van der Waals surface area (Å²) in [4.78, 5) is 14.5. The van der Waals surface area contributed by atoms with Gasteiger partial charge in [0.05, 0.1) is 0 Å². The Morgan fingerprint density at radius 2 is 2.04 bits per heavy atom. The van der Waals surface area contributed by atoms with Gasteiger partial charge in [-0.2, -0.15) is 0 Å². The number of carbonyl (C=O) groups is 1. The third-order valence-electron chi connectivity index (χ3n) is 3.90. The van der Waals surface area contributed by atoms with Crippen molar-refractivity contribution >= 4 is 5.91 Å². The second-order valence-electron chi connectivity index (χ2n) is 5.59. The maximum atomic E-state index is 12.7. The quantitative estimate of drug-likeness (QED) is 0.831. The van der Waals surface area contributed by atoms with E-state index in [0.29, 0.717) is 31.0 Å². The molecule has 1 aliphatic rings. The van der Waals surface area contributed by atoms with Crippen LogP contribution in [0.15, 0.2) is 42.5 Å². The van der Waals surface area contributed by atoms with E-state index in [9.17, 15) is 9.90 Å². The van der Waals surface area contributed by atoms with Crippen LogP contribution in [0.5, 0.6) is 11.5 Å². The zero-order valence-electron chi connectivity index (χ0n) is 13.1. The molecule has 2 aromatic carbocycles. The fraction of sp³-hybridized carbons (Fsp3) is 0.278. The van der Waals surface area contributed by atoms with E-state index in [-0.39, 0.29) is 11.7 Å². The average molecular weight is 312 g/mol. The molecule has 0 atom stereocenters. The minimum atomic E-state index is -0.0280. The van der Waals surface area contributed by atoms with Gasteiger partial charge >= 0.3 is 0 Å². The normalized spacial score (nSPS) is 13.0. The lowest BCUT2D eigenvalue weighted by atomic mass is 10.1. The molecule has 3 rings (SSSR count). The van der Waals surface area contributed by atoms with Gasteiger partial charge in [0.25, 0.3) is 5.91 Å². The summed E-state index contributed by atoms with van der Waals surface area (Å²) in [5, 5.41) is 12.6. The Balaban J connectivity index is 1.70. The van der Waals surface area contributed by atoms with Crippen LogP contribution in [0.2, 0.25) is 0 Å². The third kappa shape index (κ3) is 3.46. The lowest BCUT2D eigenvalue weighted by Crippen LogP contribution is -2.25. The smallest absolute Gasteiger partial charge is 0.254 e. The van der Waals surface area contributed by atoms with Crippen molar-refractivity contribution in [3.05, 3.63) is 59.2 Å². The number of nitrogens with zero attached hydrogens (tertiary/aromatic N) is 1. The number of amides is 1. The SMILES string of the molecule is CNCCOc1cccc(C(=O)N2Cc3ccc(O)cc3C2)c1. The molecule has 0 unspecified atom stereocenters. The topological polar surface area (TPSA) is 61.8 Å². The fourth-order valence-electron chi connectivity index (χ4n) is 2.70. The standard InChI is InChI=1S/C18H20N2O3/c1-19-7-8-23-17-4-2-3-13(10-17)18(22)20-11-14-5-6-16(21)9-15(14)12-20/h2-6,9-10,19,21H,7-8,11-12H2,1H3. The van der Waals surface area contributed by atoms with Gasteiger partial charge in [-0.15, -0.1) is 0 Å². The molecule has 0 radical (unpaired) electrons. The molecule has 0 aliphatic carbocycles. The lowest BCUT2D eigenvalue weighted by molar-refractivity contribution is 0.0751. The van der Waals surface area contributed by atoms with Gasteiger partial charge in [-0.1, -0.05) is 12.1 Å². The van der Waals surface area contributed by atoms with E-state index >= 15 is 0 Å². The minimum Gasteiger partial charge on any atom is -0.508 e. The predicted octanol–water partition coefficient (Wildman–Crippen LogP) is 2.15. The highest BCUT2D eigenvalue weighted by molar-refractivity contribution is 5.95. The maximum Gasteiger partial charge on any atom is 0.254 e. The van der Waals surface area contributed by atoms with Crippen LogP contribution >= 0.6 is 0 Å². The van der Waals surface area contributed by atoms with Gasteiger partial charge in [0.1, 0.15) is 18.1 Å². The number of carbonyl (C=O) groups excluding carboxylic acids is 1. The summed E-state index contributed by atoms with van der Waals surface area (Å²) < 4.78 is 5.61. The number of hydrogen-bond acceptors (Lipinski definition) is 4. The zero-order chi connectivity index (χ0) is 16.2. The number of phenols is 1. The van der Waals surface area contributed by atoms with Crippen LogP contribution in [-0.2, 0) is 13.1 Å². The van der Waals surface area contributed by atoms with Crippen LogP contribution < -0.4 is 10.1 Å². The monoisotopic (exact) mass is 312 g/mol. The molecule has 0 saturated carbocycles. The van der Waals surface area contributed by atoms with E-state index in [1.807, 2.05) is 25.2 Å². The number of benzene rings is 2. The predicted molar refractivity (Wildman–Crippen MR) is 87.5 cm³/mol. The third-order valence-corrected chi connectivity index (χ3v) is 3.90. The number of phenolic OH excluding ortho intramolecular Hbond substituents is 1. The molecule has 2 N–H and O–H groups in total. The van der Waals surface area contributed by atoms with Gasteiger partial charge in [0.15, 0.2) is 0 Å². The maximum absolute atomic E-state index is 12.7. The first-order chi connectivity index (χ1) is 11.2. The van der Waals surface area contributed by atoms with Crippen molar-refractivity contribution < 1.29 is 14.6 Å². The van der Waals surface area contributed by atoms with E-state index < -0.39 is 0 Å². The summed E-state index contributed by atoms with van der Waals surface area (Å²) >= 11 is 0. The van der Waals surface area contributed by atoms with E-state index in [1.165, 1.54) is 0 Å². The van der Waals surface area contributed by atoms with Gasteiger partial charge in [-0.25, -0.2) is 0 Å². The second kappa shape index (κ2) is 6.71. The average Bonchev–Trinajstić information content (AvgIpc) is 2.97. The Morgan fingerprint density at radius 1 is 1.22 bits per heavy atom. The molecular weight excluding hydrogens is 292 g/mol. The zero-order valence-corrected chi connectivity index (χ0v) is 13.1. The number of ether oxygens (including phenoxy) is 1. The molecule has 0 bridgehead atoms. The van der Waals surface area contributed by atoms with E-state index in [2.05, 4.69) is 5.32 Å². The first-order valence-corrected chi connectivity index (χ1v) is 7.65. The molecule has 0 aromatic heterocycles. The van der Waals surface area contributed by atoms with Crippen molar-refractivity contribution in [1.29, 1.82) is 0 Å². The first-order valence-electron chi connectivity index (χ1n) is 7.65. The van der Waals surface area contributed by atoms with Gasteiger partial charge in [0, 0.05) is 25.2 Å². The Bertz CT molecular complexity index is 715. The summed E-state index contributed by atoms with van der Waals surface area (Å²) in [6, 6.07) is 12.5. The highest BCUT2D eigenvalue weighted by atomic mass is 16.5. The van der Waals surface area contributed by atoms with Gasteiger partial charge < -0.3 is 20.1 Å². The highest BCUT2D eigenvalue weighted by Gasteiger charge is 2.24. The van der Waals surface area contributed by atoms with Crippen LogP contribution in [0.3, 0.4) is 0 Å². The van der Waals surface area contributed by atoms with Crippen molar-refractivity contribution in [3.63, 3.8) is 0 Å². The molecule has 1 heterocycles. The van der Waals surface area contributed by atoms with Crippen LogP contribution in [0.1, 0.15) is 21.5 Å². The van der Waals surface area contributed by atoms with Crippen molar-refractivity contribution in [1.82, 2.24) is 10.2 Å². The molecule has 1 amide bonds. The van der Waals surface area contributed by atoms with Crippen molar-refractivity contribution in [2.75, 3.05) is 20.2 Å². The number of rotatable bonds is 5. The summed E-state index contributed by atoms with van der Waals surface area (Å²) in [7, 11) is 1.87. The van der Waals surface area contributed by atoms with Crippen LogP contribution in [0.4, 0.5) is 0 Å². The Morgan fingerprint density at radius 3 is 2.87 bits per heavy atom. The summed E-state index contributed by atoms with van der Waals surface area (Å²) in [5.41, 5.74) is 2.70. The molecule has 5 nitrogen and oxygen atoms in total. The van der Waals surface area contributed by atoms with Gasteiger partial charge in [0.2, 0.25) is 0 Å². The van der Waals surface area contributed by atoms with E-state index in [1.54, 1.807) is 29.2 Å². The molecule has 1 aliphatic heterocycles. The summed E-state index contributed by atoms with van der Waals surface area (Å²) in [6.07, 6.45) is 0. The van der Waals surface area contributed by atoms with Crippen molar-refractivity contribution in [2.24, 2.45) is 0 Å². The molecule has 0 saturated heterocycles. The molecule has 23 heavy (non-hydrogen) atoms. The number of fused-ring (bicyclic) bond motifs is 1. The van der Waals surface area contributed by atoms with Gasteiger partial charge in [-0.3, -0.25) is 4.79 Å². The van der Waals surface area contributed by atoms with Crippen LogP contribution in [0, 0.1) is 0 Å². The van der Waals surface area contributed by atoms with Gasteiger partial charge in [-0.05, 0) is 48.5 Å². The number of likely N-dealkylation sites (N-methyl/N-ethyl adjacent to an activating group) is 1. The second-order valence-corrected chi connectivity index (χ2v) is 5.59. The largest absolute Gasteiger partial charge is 0.508 e. The number of hydrogen-bond donors (Lipinski definition) is 2. The fourth-order valence-corrected chi connectivity index (χ4v) is 2.70. The molecular formula is C18H20N2O3. The Hall–Kier alpha value is -2.53. The molecule has 0 fully saturated rings. The number of nitrogens with one attached hydrogen (secondary N) is 1. The van der Waals surface area contributed by atoms with Crippen LogP contribution in [-0.4, -0.2) is 36.1 Å². The molecule has 0 spiro atoms. The lowest BCUT2D eigenvalue weighted by Gasteiger charge is -2.16. The van der Waals surface area contributed by atoms with E-state index in [0.717, 1.165) is 17.7 Å². The molecule has 5 heteroatoms. The highest BCUT2D eigenvalue weighted by Crippen LogP contribution is 2.27. The van der Waals surface area contributed by atoms with E-state index in [4.69, 9.17) is 4.74 Å². The number of aromatic hydroxyl groups is 1.